The summed E-state index contributed by atoms with van der Waals surface area (Å²) in [6.45, 7) is 9.01. The van der Waals surface area contributed by atoms with Crippen LogP contribution in [-0.2, 0) is 28.9 Å². The largest absolute Gasteiger partial charge is 0.386 e. The van der Waals surface area contributed by atoms with E-state index in [2.05, 4.69) is 22.2 Å². The first kappa shape index (κ1) is 25.5. The Hall–Kier alpha value is -2.49. The molecule has 0 aromatic rings. The Kier molecular flexibility index (Phi) is 13.3. The van der Waals surface area contributed by atoms with Crippen LogP contribution in [0.1, 0.15) is 53.4 Å². The maximum Gasteiger partial charge on any atom is 0.347 e. The van der Waals surface area contributed by atoms with E-state index in [1.54, 1.807) is 25.8 Å². The molecule has 1 N–H and O–H groups in total. The highest BCUT2D eigenvalue weighted by molar-refractivity contribution is 6.01. The number of rotatable bonds is 10. The van der Waals surface area contributed by atoms with Crippen molar-refractivity contribution in [2.24, 2.45) is 5.16 Å². The second-order valence-corrected chi connectivity index (χ2v) is 6.40. The van der Waals surface area contributed by atoms with Gasteiger partial charge in [0.1, 0.15) is 0 Å². The van der Waals surface area contributed by atoms with Crippen LogP contribution in [0.2, 0.25) is 0 Å². The number of carbonyl (C=O) groups is 4. The Morgan fingerprint density at radius 1 is 1.18 bits per heavy atom. The van der Waals surface area contributed by atoms with Gasteiger partial charge in [-0.05, 0) is 40.8 Å². The van der Waals surface area contributed by atoms with E-state index in [0.717, 1.165) is 25.1 Å². The van der Waals surface area contributed by atoms with Crippen LogP contribution in [0, 0.1) is 0 Å². The molecule has 0 saturated carbocycles. The van der Waals surface area contributed by atoms with E-state index in [1.165, 1.54) is 0 Å². The van der Waals surface area contributed by atoms with E-state index < -0.39 is 17.8 Å². The number of hydrogen-bond donors (Lipinski definition) is 1. The van der Waals surface area contributed by atoms with Gasteiger partial charge in [0.15, 0.2) is 6.61 Å². The first-order valence-corrected chi connectivity index (χ1v) is 9.36. The van der Waals surface area contributed by atoms with Gasteiger partial charge in [-0.1, -0.05) is 18.5 Å². The minimum Gasteiger partial charge on any atom is -0.386 e. The molecule has 1 aliphatic rings. The number of unbranched alkanes of at least 4 members (excludes halogenated alkanes) is 1. The summed E-state index contributed by atoms with van der Waals surface area (Å²) in [5.41, 5.74) is 0.800. The number of hydroxylamine groups is 2. The zero-order valence-corrected chi connectivity index (χ0v) is 17.4. The fraction of sp³-hybridized carbons (Fsp3) is 0.722. The van der Waals surface area contributed by atoms with Gasteiger partial charge in [0.25, 0.3) is 17.7 Å². The molecular formula is C18H32N4O6. The van der Waals surface area contributed by atoms with Crippen LogP contribution in [0.5, 0.6) is 0 Å². The summed E-state index contributed by atoms with van der Waals surface area (Å²) in [5, 5.41) is 6.77. The van der Waals surface area contributed by atoms with Gasteiger partial charge in [-0.2, -0.15) is 0 Å². The Morgan fingerprint density at radius 3 is 2.29 bits per heavy atom. The lowest BCUT2D eigenvalue weighted by molar-refractivity contribution is -0.198. The van der Waals surface area contributed by atoms with Crippen molar-refractivity contribution in [3.05, 3.63) is 0 Å². The van der Waals surface area contributed by atoms with Gasteiger partial charge in [-0.3, -0.25) is 19.3 Å². The maximum absolute atomic E-state index is 11.5. The van der Waals surface area contributed by atoms with Crippen molar-refractivity contribution < 1.29 is 28.9 Å². The molecule has 0 aromatic heterocycles. The fourth-order valence-corrected chi connectivity index (χ4v) is 1.98. The molecule has 160 valence electrons. The molecule has 0 bridgehead atoms. The smallest absolute Gasteiger partial charge is 0.347 e. The predicted molar refractivity (Wildman–Crippen MR) is 103 cm³/mol. The third kappa shape index (κ3) is 12.0. The zero-order valence-electron chi connectivity index (χ0n) is 17.4. The van der Waals surface area contributed by atoms with Crippen LogP contribution in [0.3, 0.4) is 0 Å². The minimum absolute atomic E-state index is 0.000972. The zero-order chi connectivity index (χ0) is 21.5. The van der Waals surface area contributed by atoms with Crippen molar-refractivity contribution >= 4 is 29.4 Å². The molecule has 0 unspecified atom stereocenters. The second-order valence-electron chi connectivity index (χ2n) is 6.40. The summed E-state index contributed by atoms with van der Waals surface area (Å²) in [7, 11) is 1.80. The van der Waals surface area contributed by atoms with E-state index in [4.69, 9.17) is 4.84 Å². The molecule has 1 rings (SSSR count). The van der Waals surface area contributed by atoms with Crippen LogP contribution in [0.15, 0.2) is 5.16 Å². The lowest BCUT2D eigenvalue weighted by Gasteiger charge is -2.17. The lowest BCUT2D eigenvalue weighted by Crippen LogP contribution is -2.36. The molecule has 0 aliphatic carbocycles. The van der Waals surface area contributed by atoms with E-state index in [9.17, 15) is 19.2 Å². The molecule has 3 amide bonds. The van der Waals surface area contributed by atoms with Crippen molar-refractivity contribution in [1.82, 2.24) is 15.3 Å². The number of nitrogens with zero attached hydrogens (tertiary/aromatic N) is 3. The van der Waals surface area contributed by atoms with Crippen LogP contribution in [0.25, 0.3) is 0 Å². The number of hydrogen-bond acceptors (Lipinski definition) is 8. The molecule has 0 atom stereocenters. The first-order valence-electron chi connectivity index (χ1n) is 9.36. The first-order chi connectivity index (χ1) is 13.2. The molecule has 1 saturated heterocycles. The van der Waals surface area contributed by atoms with Crippen LogP contribution < -0.4 is 5.32 Å². The Labute approximate surface area is 166 Å². The third-order valence-electron chi connectivity index (χ3n) is 3.31. The quantitative estimate of drug-likeness (QED) is 0.328. The second kappa shape index (κ2) is 14.6. The molecule has 0 spiro atoms. The van der Waals surface area contributed by atoms with Gasteiger partial charge in [0.2, 0.25) is 0 Å². The van der Waals surface area contributed by atoms with Crippen LogP contribution in [0.4, 0.5) is 0 Å². The minimum atomic E-state index is -0.577. The molecule has 10 heteroatoms. The van der Waals surface area contributed by atoms with E-state index >= 15 is 0 Å². The molecule has 28 heavy (non-hydrogen) atoms. The van der Waals surface area contributed by atoms with Gasteiger partial charge in [0.05, 0.1) is 12.3 Å². The van der Waals surface area contributed by atoms with Crippen molar-refractivity contribution in [2.45, 2.75) is 53.4 Å². The summed E-state index contributed by atoms with van der Waals surface area (Å²) < 4.78 is 0. The van der Waals surface area contributed by atoms with E-state index in [0.29, 0.717) is 11.6 Å². The summed E-state index contributed by atoms with van der Waals surface area (Å²) in [4.78, 5) is 55.8. The van der Waals surface area contributed by atoms with Gasteiger partial charge in [-0.25, -0.2) is 4.79 Å². The van der Waals surface area contributed by atoms with E-state index in [-0.39, 0.29) is 31.9 Å². The highest BCUT2D eigenvalue weighted by atomic mass is 16.7. The van der Waals surface area contributed by atoms with Gasteiger partial charge < -0.3 is 15.0 Å². The molecule has 1 heterocycles. The average Bonchev–Trinajstić information content (AvgIpc) is 2.92. The van der Waals surface area contributed by atoms with Crippen molar-refractivity contribution in [3.63, 3.8) is 0 Å². The summed E-state index contributed by atoms with van der Waals surface area (Å²) in [5.74, 6) is -1.61. The molecule has 0 radical (unpaired) electrons. The number of amides is 3. The highest BCUT2D eigenvalue weighted by Gasteiger charge is 2.32. The normalized spacial score (nSPS) is 13.0. The standard InChI is InChI=1S/C11H18N2O4.C7H14N2O2/c1-3-4-7-12(2)8-11(16)17-13-9(14)5-6-10(13)15;1-4-8-7(10)5-11-9-6(2)3/h3-8H2,1-2H3;4-5H2,1-3H3,(H,8,10). The van der Waals surface area contributed by atoms with Gasteiger partial charge in [0, 0.05) is 19.4 Å². The number of oxime groups is 1. The monoisotopic (exact) mass is 400 g/mol. The summed E-state index contributed by atoms with van der Waals surface area (Å²) in [6.07, 6.45) is 2.28. The molecule has 1 aliphatic heterocycles. The maximum atomic E-state index is 11.5. The summed E-state index contributed by atoms with van der Waals surface area (Å²) >= 11 is 0. The SMILES string of the molecule is CCCCN(C)CC(=O)ON1C(=O)CCC1=O.CCNC(=O)CON=C(C)C. The number of likely N-dealkylation sites (N-methyl/N-ethyl adjacent to an activating group) is 2. The average molecular weight is 400 g/mol. The molecular weight excluding hydrogens is 368 g/mol. The van der Waals surface area contributed by atoms with Crippen molar-refractivity contribution in [3.8, 4) is 0 Å². The van der Waals surface area contributed by atoms with Crippen molar-refractivity contribution in [1.29, 1.82) is 0 Å². The summed E-state index contributed by atoms with van der Waals surface area (Å²) in [6, 6.07) is 0. The molecule has 1 fully saturated rings. The van der Waals surface area contributed by atoms with Gasteiger partial charge in [-0.15, -0.1) is 5.06 Å². The van der Waals surface area contributed by atoms with Crippen LogP contribution >= 0.6 is 0 Å². The van der Waals surface area contributed by atoms with Gasteiger partial charge >= 0.3 is 5.97 Å². The lowest BCUT2D eigenvalue weighted by atomic mass is 10.3. The third-order valence-corrected chi connectivity index (χ3v) is 3.31. The number of carbonyl (C=O) groups excluding carboxylic acids is 4. The fourth-order valence-electron chi connectivity index (χ4n) is 1.98. The van der Waals surface area contributed by atoms with E-state index in [1.807, 2.05) is 6.92 Å². The van der Waals surface area contributed by atoms with Crippen LogP contribution in [-0.4, -0.2) is 72.7 Å². The predicted octanol–water partition coefficient (Wildman–Crippen LogP) is 0.860. The Morgan fingerprint density at radius 2 is 1.79 bits per heavy atom. The Balaban J connectivity index is 0.000000576. The van der Waals surface area contributed by atoms with Crippen molar-refractivity contribution in [2.75, 3.05) is 33.3 Å². The molecule has 0 aromatic carbocycles. The Bertz CT molecular complexity index is 544. The topological polar surface area (TPSA) is 118 Å². The molecule has 10 nitrogen and oxygen atoms in total. The highest BCUT2D eigenvalue weighted by Crippen LogP contribution is 2.12. The number of imide groups is 1. The number of nitrogens with one attached hydrogen (secondary N) is 1.